The van der Waals surface area contributed by atoms with Crippen molar-refractivity contribution >= 4 is 10.2 Å². The lowest BCUT2D eigenvalue weighted by molar-refractivity contribution is 0.458. The molecule has 1 N–H and O–H groups in total. The van der Waals surface area contributed by atoms with Gasteiger partial charge in [-0.2, -0.15) is 17.4 Å². The Morgan fingerprint density at radius 1 is 1.24 bits per heavy atom. The van der Waals surface area contributed by atoms with Gasteiger partial charge in [0.1, 0.15) is 0 Å². The summed E-state index contributed by atoms with van der Waals surface area (Å²) in [5.74, 6) is 0. The van der Waals surface area contributed by atoms with Crippen LogP contribution in [0.4, 0.5) is 0 Å². The smallest absolute Gasteiger partial charge is 0.195 e. The summed E-state index contributed by atoms with van der Waals surface area (Å²) >= 11 is 0. The van der Waals surface area contributed by atoms with Gasteiger partial charge in [0.15, 0.2) is 0 Å². The van der Waals surface area contributed by atoms with E-state index >= 15 is 0 Å². The topological polar surface area (TPSA) is 49.4 Å². The molecule has 0 unspecified atom stereocenters. The Morgan fingerprint density at radius 3 is 2.53 bits per heavy atom. The Labute approximate surface area is 104 Å². The first kappa shape index (κ1) is 13.1. The van der Waals surface area contributed by atoms with E-state index in [1.807, 2.05) is 6.92 Å². The number of nitrogens with zero attached hydrogens (tertiary/aromatic N) is 1. The van der Waals surface area contributed by atoms with Crippen LogP contribution in [0, 0.1) is 0 Å². The molecule has 17 heavy (non-hydrogen) atoms. The molecule has 1 saturated heterocycles. The van der Waals surface area contributed by atoms with Gasteiger partial charge in [0, 0.05) is 19.1 Å². The first-order chi connectivity index (χ1) is 8.09. The van der Waals surface area contributed by atoms with Gasteiger partial charge < -0.3 is 0 Å². The number of allylic oxidation sites excluding steroid dienone is 1. The van der Waals surface area contributed by atoms with Gasteiger partial charge in [-0.3, -0.25) is 0 Å². The van der Waals surface area contributed by atoms with Gasteiger partial charge in [0.25, 0.3) is 10.2 Å². The number of rotatable bonds is 4. The van der Waals surface area contributed by atoms with Gasteiger partial charge in [-0.25, -0.2) is 0 Å². The fraction of sp³-hybridized carbons (Fsp3) is 0.833. The molecule has 0 aromatic carbocycles. The molecule has 2 aliphatic rings. The molecule has 0 saturated carbocycles. The van der Waals surface area contributed by atoms with E-state index in [-0.39, 0.29) is 6.04 Å². The van der Waals surface area contributed by atoms with Crippen molar-refractivity contribution in [2.24, 2.45) is 0 Å². The zero-order valence-electron chi connectivity index (χ0n) is 10.5. The van der Waals surface area contributed by atoms with E-state index in [0.717, 1.165) is 25.7 Å². The maximum atomic E-state index is 12.1. The van der Waals surface area contributed by atoms with Crippen molar-refractivity contribution in [3.63, 3.8) is 0 Å². The number of hydrogen-bond acceptors (Lipinski definition) is 2. The van der Waals surface area contributed by atoms with Gasteiger partial charge >= 0.3 is 0 Å². The van der Waals surface area contributed by atoms with Crippen LogP contribution in [-0.4, -0.2) is 31.9 Å². The lowest BCUT2D eigenvalue weighted by atomic mass is 9.95. The summed E-state index contributed by atoms with van der Waals surface area (Å²) in [7, 11) is -3.27. The minimum absolute atomic E-state index is 0.0547. The van der Waals surface area contributed by atoms with Crippen LogP contribution < -0.4 is 4.72 Å². The van der Waals surface area contributed by atoms with Crippen LogP contribution >= 0.6 is 0 Å². The molecule has 1 atom stereocenters. The highest BCUT2D eigenvalue weighted by molar-refractivity contribution is 7.87. The maximum Gasteiger partial charge on any atom is 0.279 e. The normalized spacial score (nSPS) is 24.6. The lowest BCUT2D eigenvalue weighted by Crippen LogP contribution is -2.43. The Balaban J connectivity index is 1.97. The summed E-state index contributed by atoms with van der Waals surface area (Å²) in [6.07, 6.45) is 8.70. The van der Waals surface area contributed by atoms with Crippen LogP contribution in [0.5, 0.6) is 0 Å². The molecule has 1 aliphatic heterocycles. The molecule has 98 valence electrons. The largest absolute Gasteiger partial charge is 0.279 e. The van der Waals surface area contributed by atoms with Crippen molar-refractivity contribution in [3.8, 4) is 0 Å². The lowest BCUT2D eigenvalue weighted by Gasteiger charge is -2.23. The van der Waals surface area contributed by atoms with Crippen LogP contribution in [0.3, 0.4) is 0 Å². The standard InChI is InChI=1S/C12H22N2O2S/c1-11(12-7-3-2-4-8-12)13-17(15,16)14-9-5-6-10-14/h7,11,13H,2-6,8-10H2,1H3/t11-/m1/s1. The van der Waals surface area contributed by atoms with Crippen LogP contribution in [0.25, 0.3) is 0 Å². The highest BCUT2D eigenvalue weighted by Crippen LogP contribution is 2.21. The van der Waals surface area contributed by atoms with E-state index in [1.165, 1.54) is 18.4 Å². The van der Waals surface area contributed by atoms with Gasteiger partial charge in [-0.1, -0.05) is 11.6 Å². The van der Waals surface area contributed by atoms with E-state index < -0.39 is 10.2 Å². The van der Waals surface area contributed by atoms with Gasteiger partial charge in [-0.05, 0) is 45.4 Å². The molecule has 1 aliphatic carbocycles. The third kappa shape index (κ3) is 3.30. The Kier molecular flexibility index (Phi) is 4.22. The van der Waals surface area contributed by atoms with E-state index in [0.29, 0.717) is 13.1 Å². The van der Waals surface area contributed by atoms with Crippen LogP contribution in [0.2, 0.25) is 0 Å². The van der Waals surface area contributed by atoms with Crippen LogP contribution in [0.1, 0.15) is 45.4 Å². The van der Waals surface area contributed by atoms with Gasteiger partial charge in [-0.15, -0.1) is 0 Å². The summed E-state index contributed by atoms with van der Waals surface area (Å²) in [6.45, 7) is 3.28. The fourth-order valence-corrected chi connectivity index (χ4v) is 4.04. The first-order valence-corrected chi connectivity index (χ1v) is 8.00. The maximum absolute atomic E-state index is 12.1. The summed E-state index contributed by atoms with van der Waals surface area (Å²) in [6, 6.07) is -0.0547. The highest BCUT2D eigenvalue weighted by Gasteiger charge is 2.27. The predicted molar refractivity (Wildman–Crippen MR) is 68.9 cm³/mol. The van der Waals surface area contributed by atoms with Crippen molar-refractivity contribution in [2.75, 3.05) is 13.1 Å². The Morgan fingerprint density at radius 2 is 1.94 bits per heavy atom. The number of hydrogen-bond donors (Lipinski definition) is 1. The molecule has 1 fully saturated rings. The summed E-state index contributed by atoms with van der Waals surface area (Å²) in [4.78, 5) is 0. The second-order valence-corrected chi connectivity index (χ2v) is 6.68. The van der Waals surface area contributed by atoms with Crippen molar-refractivity contribution in [1.82, 2.24) is 9.03 Å². The molecule has 0 aromatic heterocycles. The average Bonchev–Trinajstić information content (AvgIpc) is 2.84. The molecule has 0 amide bonds. The van der Waals surface area contributed by atoms with Crippen LogP contribution in [0.15, 0.2) is 11.6 Å². The quantitative estimate of drug-likeness (QED) is 0.782. The number of nitrogens with one attached hydrogen (secondary N) is 1. The minimum Gasteiger partial charge on any atom is -0.195 e. The van der Waals surface area contributed by atoms with E-state index in [2.05, 4.69) is 10.8 Å². The van der Waals surface area contributed by atoms with Crippen molar-refractivity contribution < 1.29 is 8.42 Å². The van der Waals surface area contributed by atoms with Gasteiger partial charge in [0.2, 0.25) is 0 Å². The SMILES string of the molecule is C[C@@H](NS(=O)(=O)N1CCCC1)C1=CCCCC1. The molecule has 1 heterocycles. The van der Waals surface area contributed by atoms with E-state index in [9.17, 15) is 8.42 Å². The van der Waals surface area contributed by atoms with E-state index in [1.54, 1.807) is 4.31 Å². The fourth-order valence-electron chi connectivity index (χ4n) is 2.56. The third-order valence-corrected chi connectivity index (χ3v) is 5.31. The second kappa shape index (κ2) is 5.50. The third-order valence-electron chi connectivity index (χ3n) is 3.61. The average molecular weight is 258 g/mol. The second-order valence-electron chi connectivity index (χ2n) is 4.98. The molecule has 2 rings (SSSR count). The van der Waals surface area contributed by atoms with Crippen molar-refractivity contribution in [1.29, 1.82) is 0 Å². The molecule has 0 spiro atoms. The summed E-state index contributed by atoms with van der Waals surface area (Å²) in [5.41, 5.74) is 1.25. The van der Waals surface area contributed by atoms with Crippen molar-refractivity contribution in [3.05, 3.63) is 11.6 Å². The van der Waals surface area contributed by atoms with Gasteiger partial charge in [0.05, 0.1) is 0 Å². The first-order valence-electron chi connectivity index (χ1n) is 6.56. The summed E-state index contributed by atoms with van der Waals surface area (Å²) in [5, 5.41) is 0. The van der Waals surface area contributed by atoms with E-state index in [4.69, 9.17) is 0 Å². The zero-order valence-corrected chi connectivity index (χ0v) is 11.3. The Hall–Kier alpha value is -0.390. The van der Waals surface area contributed by atoms with Crippen molar-refractivity contribution in [2.45, 2.75) is 51.5 Å². The summed E-state index contributed by atoms with van der Waals surface area (Å²) < 4.78 is 28.5. The Bertz CT molecular complexity index is 383. The molecule has 4 nitrogen and oxygen atoms in total. The zero-order chi connectivity index (χ0) is 12.3. The monoisotopic (exact) mass is 258 g/mol. The molecular formula is C12H22N2O2S. The highest BCUT2D eigenvalue weighted by atomic mass is 32.2. The molecular weight excluding hydrogens is 236 g/mol. The molecule has 0 radical (unpaired) electrons. The minimum atomic E-state index is -3.27. The molecule has 0 bridgehead atoms. The van der Waals surface area contributed by atoms with Crippen LogP contribution in [-0.2, 0) is 10.2 Å². The predicted octanol–water partition coefficient (Wildman–Crippen LogP) is 1.81. The molecule has 0 aromatic rings. The molecule has 5 heteroatoms.